The maximum Gasteiger partial charge on any atom is 0.0853 e. The Morgan fingerprint density at radius 2 is 1.71 bits per heavy atom. The highest BCUT2D eigenvalue weighted by Crippen LogP contribution is 2.77. The van der Waals surface area contributed by atoms with Crippen LogP contribution in [-0.2, 0) is 23.3 Å². The largest absolute Gasteiger partial charge is 0.105 e. The van der Waals surface area contributed by atoms with E-state index in [1.165, 1.54) is 16.4 Å². The van der Waals surface area contributed by atoms with Crippen LogP contribution < -0.4 is 0 Å². The fraction of sp³-hybridized carbons (Fsp3) is 0.154. The third-order valence-corrected chi connectivity index (χ3v) is 13.9. The van der Waals surface area contributed by atoms with Gasteiger partial charge in [-0.05, 0) is 11.1 Å². The van der Waals surface area contributed by atoms with E-state index >= 15 is 0 Å². The van der Waals surface area contributed by atoms with Crippen molar-refractivity contribution in [1.29, 1.82) is 0 Å². The molecule has 0 aromatic heterocycles. The van der Waals surface area contributed by atoms with E-state index in [-0.39, 0.29) is 0 Å². The van der Waals surface area contributed by atoms with Crippen molar-refractivity contribution in [3.63, 3.8) is 0 Å². The Morgan fingerprint density at radius 3 is 2.24 bits per heavy atom. The highest BCUT2D eigenvalue weighted by atomic mass is 33.2. The van der Waals surface area contributed by atoms with Gasteiger partial charge in [0.25, 0.3) is 0 Å². The van der Waals surface area contributed by atoms with E-state index in [0.717, 1.165) is 11.5 Å². The van der Waals surface area contributed by atoms with Crippen LogP contribution >= 0.6 is 27.2 Å². The first-order chi connectivity index (χ1) is 8.28. The summed E-state index contributed by atoms with van der Waals surface area (Å²) in [5, 5.41) is 1.37. The molecule has 0 bridgehead atoms. The predicted octanol–water partition coefficient (Wildman–Crippen LogP) is 5.13. The van der Waals surface area contributed by atoms with E-state index in [9.17, 15) is 0 Å². The number of benzene rings is 1. The van der Waals surface area contributed by atoms with Crippen LogP contribution in [0, 0.1) is 6.42 Å². The highest BCUT2D eigenvalue weighted by Gasteiger charge is 2.26. The first-order valence-corrected chi connectivity index (χ1v) is 11.4. The average molecular weight is 295 g/mol. The summed E-state index contributed by atoms with van der Waals surface area (Å²) in [6.45, 7) is 0. The molecule has 1 aliphatic heterocycles. The minimum absolute atomic E-state index is 1.06. The van der Waals surface area contributed by atoms with Crippen molar-refractivity contribution in [3.05, 3.63) is 65.4 Å². The Balaban J connectivity index is 1.90. The second-order valence-electron chi connectivity index (χ2n) is 3.96. The lowest BCUT2D eigenvalue weighted by atomic mass is 10.1. The zero-order valence-corrected chi connectivity index (χ0v) is 12.5. The van der Waals surface area contributed by atoms with Gasteiger partial charge in [0.05, 0.1) is 4.44 Å². The molecular weight excluding hydrogens is 283 g/mol. The van der Waals surface area contributed by atoms with Crippen molar-refractivity contribution in [2.75, 3.05) is 0 Å². The molecule has 4 heteroatoms. The van der Waals surface area contributed by atoms with Gasteiger partial charge in [-0.25, -0.2) is 0 Å². The van der Waals surface area contributed by atoms with Crippen LogP contribution in [0.15, 0.2) is 47.8 Å². The van der Waals surface area contributed by atoms with E-state index in [0.29, 0.717) is 0 Å². The zero-order valence-electron chi connectivity index (χ0n) is 9.20. The summed E-state index contributed by atoms with van der Waals surface area (Å²) in [6.07, 6.45) is 8.58. The number of rotatable bonds is 1. The summed E-state index contributed by atoms with van der Waals surface area (Å²) in [5.74, 6) is 2.12. The molecule has 1 aromatic rings. The molecule has 0 unspecified atom stereocenters. The number of hydrogen-bond acceptors (Lipinski definition) is 3. The van der Waals surface area contributed by atoms with Gasteiger partial charge in [-0.1, -0.05) is 54.3 Å². The van der Waals surface area contributed by atoms with Crippen LogP contribution in [-0.4, -0.2) is 0 Å². The third kappa shape index (κ3) is 2.44. The molecule has 0 amide bonds. The lowest BCUT2D eigenvalue weighted by Crippen LogP contribution is -1.85. The third-order valence-electron chi connectivity index (χ3n) is 2.86. The van der Waals surface area contributed by atoms with E-state index in [1.54, 1.807) is 0 Å². The molecule has 1 aliphatic carbocycles. The minimum Gasteiger partial charge on any atom is -0.105 e. The summed E-state index contributed by atoms with van der Waals surface area (Å²) in [5.41, 5.74) is 2.92. The van der Waals surface area contributed by atoms with E-state index in [1.807, 2.05) is 22.8 Å². The molecule has 2 aliphatic rings. The predicted molar refractivity (Wildman–Crippen MR) is 84.8 cm³/mol. The Hall–Kier alpha value is 0.0500. The zero-order chi connectivity index (χ0) is 11.7. The SMILES string of the molecule is S=P1(C2=C[CH]C=C2)SCc2ccccc2CS1. The standard InChI is InChI=1S/C13H12PS3/c15-14(13-7-3-4-8-13)16-9-11-5-1-2-6-12(11)10-17-14/h1-8H,9-10H2. The van der Waals surface area contributed by atoms with Gasteiger partial charge in [0.2, 0.25) is 0 Å². The van der Waals surface area contributed by atoms with Gasteiger partial charge in [-0.15, -0.1) is 22.8 Å². The average Bonchev–Trinajstić information content (AvgIpc) is 2.84. The Labute approximate surface area is 115 Å². The molecule has 0 spiro atoms. The molecule has 0 nitrogen and oxygen atoms in total. The van der Waals surface area contributed by atoms with Crippen molar-refractivity contribution in [3.8, 4) is 0 Å². The van der Waals surface area contributed by atoms with Gasteiger partial charge in [0, 0.05) is 23.2 Å². The van der Waals surface area contributed by atoms with E-state index < -0.39 is 4.44 Å². The van der Waals surface area contributed by atoms with Crippen LogP contribution in [0.25, 0.3) is 0 Å². The Morgan fingerprint density at radius 1 is 1.06 bits per heavy atom. The van der Waals surface area contributed by atoms with Crippen molar-refractivity contribution in [2.24, 2.45) is 0 Å². The maximum absolute atomic E-state index is 5.94. The summed E-state index contributed by atoms with van der Waals surface area (Å²) < 4.78 is -1.48. The molecule has 0 fully saturated rings. The van der Waals surface area contributed by atoms with Crippen LogP contribution in [0.2, 0.25) is 0 Å². The maximum atomic E-state index is 5.94. The summed E-state index contributed by atoms with van der Waals surface area (Å²) in [6, 6.07) is 8.72. The number of allylic oxidation sites excluding steroid dienone is 4. The normalized spacial score (nSPS) is 21.8. The Bertz CT molecular complexity index is 514. The molecule has 1 aromatic carbocycles. The summed E-state index contributed by atoms with van der Waals surface area (Å²) in [7, 11) is 0. The van der Waals surface area contributed by atoms with Crippen LogP contribution in [0.4, 0.5) is 0 Å². The first kappa shape index (κ1) is 12.1. The van der Waals surface area contributed by atoms with Gasteiger partial charge in [0.1, 0.15) is 0 Å². The topological polar surface area (TPSA) is 0 Å². The second kappa shape index (κ2) is 4.97. The smallest absolute Gasteiger partial charge is 0.0853 e. The Kier molecular flexibility index (Phi) is 3.54. The monoisotopic (exact) mass is 295 g/mol. The number of fused-ring (bicyclic) bond motifs is 1. The molecule has 1 radical (unpaired) electrons. The minimum atomic E-state index is -1.48. The van der Waals surface area contributed by atoms with Gasteiger partial charge >= 0.3 is 0 Å². The molecule has 87 valence electrons. The fourth-order valence-electron chi connectivity index (χ4n) is 1.88. The molecule has 0 N–H and O–H groups in total. The van der Waals surface area contributed by atoms with Crippen LogP contribution in [0.1, 0.15) is 11.1 Å². The van der Waals surface area contributed by atoms with E-state index in [4.69, 9.17) is 11.8 Å². The lowest BCUT2D eigenvalue weighted by molar-refractivity contribution is 1.29. The van der Waals surface area contributed by atoms with E-state index in [2.05, 4.69) is 48.9 Å². The van der Waals surface area contributed by atoms with Gasteiger partial charge in [0.15, 0.2) is 0 Å². The molecule has 1 heterocycles. The summed E-state index contributed by atoms with van der Waals surface area (Å²) >= 11 is 9.90. The van der Waals surface area contributed by atoms with Crippen molar-refractivity contribution >= 4 is 39.0 Å². The van der Waals surface area contributed by atoms with Crippen LogP contribution in [0.3, 0.4) is 0 Å². The molecule has 3 rings (SSSR count). The first-order valence-electron chi connectivity index (χ1n) is 5.46. The highest BCUT2D eigenvalue weighted by molar-refractivity contribution is 9.01. The van der Waals surface area contributed by atoms with Crippen molar-refractivity contribution in [1.82, 2.24) is 0 Å². The fourth-order valence-corrected chi connectivity index (χ4v) is 10.6. The molecule has 0 saturated carbocycles. The molecule has 17 heavy (non-hydrogen) atoms. The summed E-state index contributed by atoms with van der Waals surface area (Å²) in [4.78, 5) is 0. The quantitative estimate of drug-likeness (QED) is 0.659. The molecule has 0 saturated heterocycles. The molecular formula is C13H12PS3. The van der Waals surface area contributed by atoms with Gasteiger partial charge < -0.3 is 0 Å². The second-order valence-corrected chi connectivity index (χ2v) is 15.1. The van der Waals surface area contributed by atoms with Gasteiger partial charge in [-0.3, -0.25) is 0 Å². The number of hydrogen-bond donors (Lipinski definition) is 0. The van der Waals surface area contributed by atoms with Crippen LogP contribution in [0.5, 0.6) is 0 Å². The molecule has 0 atom stereocenters. The van der Waals surface area contributed by atoms with Crippen molar-refractivity contribution in [2.45, 2.75) is 11.5 Å². The lowest BCUT2D eigenvalue weighted by Gasteiger charge is -2.18. The van der Waals surface area contributed by atoms with Crippen molar-refractivity contribution < 1.29 is 0 Å². The van der Waals surface area contributed by atoms with Gasteiger partial charge in [-0.2, -0.15) is 0 Å².